The molecule has 0 aromatic heterocycles. The van der Waals surface area contributed by atoms with Gasteiger partial charge in [0.25, 0.3) is 0 Å². The van der Waals surface area contributed by atoms with E-state index in [0.717, 1.165) is 22.1 Å². The zero-order valence-electron chi connectivity index (χ0n) is 27.1. The number of carbonyl (C=O) groups is 4. The van der Waals surface area contributed by atoms with E-state index in [9.17, 15) is 14.7 Å². The van der Waals surface area contributed by atoms with Gasteiger partial charge in [-0.15, -0.1) is 0 Å². The SMILES string of the molecule is O=C1C(c2ccccc2)=CC(=O)[C@@]2(c3ccccc3)[C@@H](c3ccc(O)c4ccccc34)C3=CC[C@@H]4C(=O)N(c5ccccc5)C(=O)[C@@H]4[C@@H]3C[C@@H]12. The van der Waals surface area contributed by atoms with Gasteiger partial charge < -0.3 is 5.11 Å². The molecule has 2 amide bonds. The molecule has 2 fully saturated rings. The number of para-hydroxylation sites is 1. The molecule has 0 spiro atoms. The van der Waals surface area contributed by atoms with Crippen molar-refractivity contribution < 1.29 is 24.3 Å². The molecule has 1 saturated carbocycles. The molecule has 5 aromatic rings. The standard InChI is InChI=1S/C44H33NO5/c46-37-23-22-31(29-18-10-11-19-30(29)37)40-32-20-21-33-39(43(50)45(42(33)49)28-16-8-3-9-17-28)35(32)24-36-41(48)34(26-12-4-1-5-13-26)25-38(47)44(36,40)27-14-6-2-7-15-27/h1-20,22-23,25,33,35-36,39-40,46H,21,24H2/t33-,35+,36-,39-,40-,44-/m0/s1. The molecule has 4 aliphatic rings. The van der Waals surface area contributed by atoms with E-state index >= 15 is 9.59 Å². The number of imide groups is 1. The third-order valence-corrected chi connectivity index (χ3v) is 11.6. The minimum absolute atomic E-state index is 0.118. The van der Waals surface area contributed by atoms with Crippen LogP contribution in [-0.2, 0) is 24.6 Å². The van der Waals surface area contributed by atoms with E-state index in [0.29, 0.717) is 28.6 Å². The Kier molecular flexibility index (Phi) is 6.85. The van der Waals surface area contributed by atoms with Gasteiger partial charge >= 0.3 is 0 Å². The summed E-state index contributed by atoms with van der Waals surface area (Å²) in [4.78, 5) is 60.3. The van der Waals surface area contributed by atoms with Crippen molar-refractivity contribution in [2.45, 2.75) is 24.2 Å². The smallest absolute Gasteiger partial charge is 0.238 e. The van der Waals surface area contributed by atoms with Crippen molar-refractivity contribution >= 4 is 45.4 Å². The molecule has 5 aromatic carbocycles. The Morgan fingerprint density at radius 1 is 0.660 bits per heavy atom. The number of phenolic OH excluding ortho intramolecular Hbond substituents is 1. The molecule has 1 N–H and O–H groups in total. The number of rotatable bonds is 4. The summed E-state index contributed by atoms with van der Waals surface area (Å²) >= 11 is 0. The van der Waals surface area contributed by atoms with Crippen LogP contribution in [0.15, 0.2) is 145 Å². The monoisotopic (exact) mass is 655 g/mol. The molecular formula is C44H33NO5. The predicted octanol–water partition coefficient (Wildman–Crippen LogP) is 7.57. The molecule has 1 heterocycles. The predicted molar refractivity (Wildman–Crippen MR) is 191 cm³/mol. The van der Waals surface area contributed by atoms with Crippen LogP contribution in [0.2, 0.25) is 0 Å². The van der Waals surface area contributed by atoms with E-state index in [-0.39, 0.29) is 35.6 Å². The number of ketones is 2. The second-order valence-electron chi connectivity index (χ2n) is 13.9. The van der Waals surface area contributed by atoms with Crippen molar-refractivity contribution in [3.63, 3.8) is 0 Å². The summed E-state index contributed by atoms with van der Waals surface area (Å²) in [6.07, 6.45) is 4.20. The topological polar surface area (TPSA) is 91.8 Å². The van der Waals surface area contributed by atoms with Crippen LogP contribution < -0.4 is 4.90 Å². The van der Waals surface area contributed by atoms with Crippen LogP contribution in [0.5, 0.6) is 5.75 Å². The normalized spacial score (nSPS) is 27.4. The number of allylic oxidation sites excluding steroid dienone is 4. The van der Waals surface area contributed by atoms with E-state index in [1.165, 1.54) is 11.0 Å². The van der Waals surface area contributed by atoms with Gasteiger partial charge in [-0.2, -0.15) is 0 Å². The molecular weight excluding hydrogens is 622 g/mol. The van der Waals surface area contributed by atoms with Crippen molar-refractivity contribution in [1.29, 1.82) is 0 Å². The lowest BCUT2D eigenvalue weighted by Gasteiger charge is -2.55. The number of fused-ring (bicyclic) bond motifs is 5. The molecule has 1 aliphatic heterocycles. The Morgan fingerprint density at radius 3 is 2.02 bits per heavy atom. The van der Waals surface area contributed by atoms with Crippen molar-refractivity contribution in [3.05, 3.63) is 162 Å². The van der Waals surface area contributed by atoms with Crippen molar-refractivity contribution in [2.75, 3.05) is 4.90 Å². The zero-order chi connectivity index (χ0) is 34.1. The lowest BCUT2D eigenvalue weighted by atomic mass is 9.44. The second-order valence-corrected chi connectivity index (χ2v) is 13.9. The number of amides is 2. The average molecular weight is 656 g/mol. The first-order valence-electron chi connectivity index (χ1n) is 17.2. The first-order chi connectivity index (χ1) is 24.4. The molecule has 6 nitrogen and oxygen atoms in total. The number of hydrogen-bond donors (Lipinski definition) is 1. The summed E-state index contributed by atoms with van der Waals surface area (Å²) in [5.74, 6) is -3.91. The van der Waals surface area contributed by atoms with Crippen LogP contribution in [0.25, 0.3) is 16.3 Å². The van der Waals surface area contributed by atoms with Gasteiger partial charge in [0, 0.05) is 22.8 Å². The number of aromatic hydroxyl groups is 1. The van der Waals surface area contributed by atoms with E-state index in [2.05, 4.69) is 6.08 Å². The highest BCUT2D eigenvalue weighted by atomic mass is 16.3. The largest absolute Gasteiger partial charge is 0.507 e. The van der Waals surface area contributed by atoms with Crippen molar-refractivity contribution in [2.24, 2.45) is 23.7 Å². The lowest BCUT2D eigenvalue weighted by Crippen LogP contribution is -2.58. The van der Waals surface area contributed by atoms with Crippen LogP contribution in [0, 0.1) is 23.7 Å². The van der Waals surface area contributed by atoms with Gasteiger partial charge in [-0.1, -0.05) is 121 Å². The van der Waals surface area contributed by atoms with Gasteiger partial charge in [-0.05, 0) is 65.1 Å². The quantitative estimate of drug-likeness (QED) is 0.159. The molecule has 244 valence electrons. The van der Waals surface area contributed by atoms with Gasteiger partial charge in [0.1, 0.15) is 5.75 Å². The first kappa shape index (κ1) is 30.2. The minimum atomic E-state index is -1.34. The number of carbonyl (C=O) groups excluding carboxylic acids is 4. The molecule has 3 aliphatic carbocycles. The Balaban J connectivity index is 1.32. The van der Waals surface area contributed by atoms with Gasteiger partial charge in [-0.25, -0.2) is 0 Å². The highest BCUT2D eigenvalue weighted by molar-refractivity contribution is 6.32. The molecule has 6 atom stereocenters. The van der Waals surface area contributed by atoms with E-state index in [1.807, 2.05) is 109 Å². The number of Topliss-reactive ketones (excluding diaryl/α,β-unsaturated/α-hetero) is 1. The van der Waals surface area contributed by atoms with Crippen LogP contribution in [0.3, 0.4) is 0 Å². The number of hydrogen-bond acceptors (Lipinski definition) is 5. The highest BCUT2D eigenvalue weighted by Crippen LogP contribution is 2.64. The molecule has 0 radical (unpaired) electrons. The van der Waals surface area contributed by atoms with Gasteiger partial charge in [0.15, 0.2) is 11.6 Å². The third kappa shape index (κ3) is 4.14. The van der Waals surface area contributed by atoms with Crippen LogP contribution in [-0.4, -0.2) is 28.5 Å². The summed E-state index contributed by atoms with van der Waals surface area (Å²) in [6, 6.07) is 38.9. The number of anilines is 1. The summed E-state index contributed by atoms with van der Waals surface area (Å²) in [5, 5.41) is 12.4. The average Bonchev–Trinajstić information content (AvgIpc) is 3.42. The Labute approximate surface area is 289 Å². The summed E-state index contributed by atoms with van der Waals surface area (Å²) in [6.45, 7) is 0. The molecule has 0 unspecified atom stereocenters. The number of phenols is 1. The van der Waals surface area contributed by atoms with Crippen LogP contribution >= 0.6 is 0 Å². The number of nitrogens with zero attached hydrogens (tertiary/aromatic N) is 1. The summed E-state index contributed by atoms with van der Waals surface area (Å²) in [7, 11) is 0. The third-order valence-electron chi connectivity index (χ3n) is 11.6. The molecule has 0 bridgehead atoms. The fourth-order valence-electron chi connectivity index (χ4n) is 9.61. The summed E-state index contributed by atoms with van der Waals surface area (Å²) < 4.78 is 0. The maximum Gasteiger partial charge on any atom is 0.238 e. The van der Waals surface area contributed by atoms with Crippen molar-refractivity contribution in [3.8, 4) is 5.75 Å². The second kappa shape index (κ2) is 11.3. The van der Waals surface area contributed by atoms with Crippen LogP contribution in [0.1, 0.15) is 35.4 Å². The first-order valence-corrected chi connectivity index (χ1v) is 17.2. The van der Waals surface area contributed by atoms with E-state index < -0.39 is 35.0 Å². The Hall–Kier alpha value is -5.88. The minimum Gasteiger partial charge on any atom is -0.507 e. The van der Waals surface area contributed by atoms with E-state index in [4.69, 9.17) is 0 Å². The summed E-state index contributed by atoms with van der Waals surface area (Å²) in [5.41, 5.74) is 2.66. The fraction of sp³-hybridized carbons (Fsp3) is 0.182. The maximum atomic E-state index is 15.3. The lowest BCUT2D eigenvalue weighted by molar-refractivity contribution is -0.134. The maximum absolute atomic E-state index is 15.3. The highest BCUT2D eigenvalue weighted by Gasteiger charge is 2.66. The fourth-order valence-corrected chi connectivity index (χ4v) is 9.61. The van der Waals surface area contributed by atoms with Crippen LogP contribution in [0.4, 0.5) is 5.69 Å². The van der Waals surface area contributed by atoms with E-state index in [1.54, 1.807) is 18.2 Å². The molecule has 50 heavy (non-hydrogen) atoms. The Morgan fingerprint density at radius 2 is 1.30 bits per heavy atom. The van der Waals surface area contributed by atoms with Gasteiger partial charge in [0.05, 0.1) is 22.9 Å². The molecule has 6 heteroatoms. The Bertz CT molecular complexity index is 2290. The number of benzene rings is 5. The van der Waals surface area contributed by atoms with Gasteiger partial charge in [0.2, 0.25) is 11.8 Å². The molecule has 1 saturated heterocycles. The zero-order valence-corrected chi connectivity index (χ0v) is 27.1. The van der Waals surface area contributed by atoms with Gasteiger partial charge in [-0.3, -0.25) is 24.1 Å². The molecule has 9 rings (SSSR count). The van der Waals surface area contributed by atoms with Crippen molar-refractivity contribution in [1.82, 2.24) is 0 Å².